The molecule has 0 saturated heterocycles. The Labute approximate surface area is 95.5 Å². The summed E-state index contributed by atoms with van der Waals surface area (Å²) < 4.78 is 0. The van der Waals surface area contributed by atoms with E-state index >= 15 is 0 Å². The number of carbonyl (C=O) groups is 1. The number of aromatic nitrogens is 1. The van der Waals surface area contributed by atoms with Gasteiger partial charge in [0.25, 0.3) is 5.91 Å². The van der Waals surface area contributed by atoms with Crippen molar-refractivity contribution in [2.75, 3.05) is 12.8 Å². The molecule has 1 saturated carbocycles. The van der Waals surface area contributed by atoms with E-state index in [0.29, 0.717) is 17.3 Å². The molecule has 16 heavy (non-hydrogen) atoms. The lowest BCUT2D eigenvalue weighted by atomic mass is 10.1. The van der Waals surface area contributed by atoms with Crippen LogP contribution in [0.1, 0.15) is 30.1 Å². The van der Waals surface area contributed by atoms with Gasteiger partial charge in [0.1, 0.15) is 5.82 Å². The van der Waals surface area contributed by atoms with Crippen molar-refractivity contribution in [2.45, 2.75) is 25.8 Å². The van der Waals surface area contributed by atoms with Crippen LogP contribution in [0.2, 0.25) is 0 Å². The molecule has 0 spiro atoms. The highest BCUT2D eigenvalue weighted by atomic mass is 16.2. The summed E-state index contributed by atoms with van der Waals surface area (Å²) in [5.41, 5.74) is 6.19. The third-order valence-corrected chi connectivity index (χ3v) is 3.30. The predicted molar refractivity (Wildman–Crippen MR) is 62.9 cm³/mol. The minimum Gasteiger partial charge on any atom is -0.383 e. The van der Waals surface area contributed by atoms with E-state index in [4.69, 9.17) is 5.73 Å². The van der Waals surface area contributed by atoms with Crippen molar-refractivity contribution in [3.63, 3.8) is 0 Å². The second-order valence-electron chi connectivity index (χ2n) is 4.43. The molecule has 1 aromatic rings. The van der Waals surface area contributed by atoms with Crippen LogP contribution in [0.25, 0.3) is 0 Å². The van der Waals surface area contributed by atoms with E-state index in [1.165, 1.54) is 12.8 Å². The molecular formula is C12H17N3O. The van der Waals surface area contributed by atoms with Crippen LogP contribution >= 0.6 is 0 Å². The van der Waals surface area contributed by atoms with Crippen molar-refractivity contribution >= 4 is 11.7 Å². The Bertz CT molecular complexity index is 401. The number of hydrogen-bond donors (Lipinski definition) is 1. The molecule has 2 rings (SSSR count). The van der Waals surface area contributed by atoms with Crippen molar-refractivity contribution in [1.82, 2.24) is 9.88 Å². The van der Waals surface area contributed by atoms with Gasteiger partial charge in [0.2, 0.25) is 0 Å². The van der Waals surface area contributed by atoms with Gasteiger partial charge < -0.3 is 10.6 Å². The van der Waals surface area contributed by atoms with Gasteiger partial charge in [0.05, 0.1) is 5.56 Å². The highest BCUT2D eigenvalue weighted by Gasteiger charge is 2.33. The van der Waals surface area contributed by atoms with Crippen molar-refractivity contribution in [2.24, 2.45) is 5.92 Å². The fraction of sp³-hybridized carbons (Fsp3) is 0.500. The Kier molecular flexibility index (Phi) is 2.81. The number of anilines is 1. The number of nitrogens with zero attached hydrogens (tertiary/aromatic N) is 2. The molecule has 1 aliphatic rings. The number of nitrogens with two attached hydrogens (primary N) is 1. The molecule has 1 atom stereocenters. The van der Waals surface area contributed by atoms with Gasteiger partial charge in [-0.3, -0.25) is 4.79 Å². The fourth-order valence-electron chi connectivity index (χ4n) is 1.87. The second-order valence-corrected chi connectivity index (χ2v) is 4.43. The molecule has 1 aliphatic carbocycles. The van der Waals surface area contributed by atoms with E-state index < -0.39 is 0 Å². The molecule has 0 radical (unpaired) electrons. The largest absolute Gasteiger partial charge is 0.383 e. The maximum absolute atomic E-state index is 12.1. The summed E-state index contributed by atoms with van der Waals surface area (Å²) in [7, 11) is 1.83. The third kappa shape index (κ3) is 2.01. The van der Waals surface area contributed by atoms with Gasteiger partial charge in [-0.2, -0.15) is 0 Å². The lowest BCUT2D eigenvalue weighted by Crippen LogP contribution is -2.36. The Morgan fingerprint density at radius 2 is 2.31 bits per heavy atom. The molecule has 1 unspecified atom stereocenters. The minimum atomic E-state index is -0.0370. The molecule has 4 nitrogen and oxygen atoms in total. The topological polar surface area (TPSA) is 59.2 Å². The van der Waals surface area contributed by atoms with Gasteiger partial charge in [-0.25, -0.2) is 4.98 Å². The van der Waals surface area contributed by atoms with Gasteiger partial charge in [-0.15, -0.1) is 0 Å². The Hall–Kier alpha value is -1.58. The SMILES string of the molecule is CC(C1CC1)N(C)C(=O)c1cccnc1N. The van der Waals surface area contributed by atoms with Crippen LogP contribution in [0.5, 0.6) is 0 Å². The first kappa shape index (κ1) is 10.9. The molecule has 2 N–H and O–H groups in total. The van der Waals surface area contributed by atoms with Crippen LogP contribution in [0.4, 0.5) is 5.82 Å². The van der Waals surface area contributed by atoms with E-state index in [9.17, 15) is 4.79 Å². The van der Waals surface area contributed by atoms with Gasteiger partial charge in [-0.1, -0.05) is 0 Å². The fourth-order valence-corrected chi connectivity index (χ4v) is 1.87. The summed E-state index contributed by atoms with van der Waals surface area (Å²) >= 11 is 0. The minimum absolute atomic E-state index is 0.0370. The van der Waals surface area contributed by atoms with Gasteiger partial charge in [-0.05, 0) is 37.8 Å². The third-order valence-electron chi connectivity index (χ3n) is 3.30. The number of nitrogen functional groups attached to an aromatic ring is 1. The highest BCUT2D eigenvalue weighted by molar-refractivity contribution is 5.98. The summed E-state index contributed by atoms with van der Waals surface area (Å²) in [6.45, 7) is 2.09. The predicted octanol–water partition coefficient (Wildman–Crippen LogP) is 1.53. The van der Waals surface area contributed by atoms with Crippen LogP contribution in [0, 0.1) is 5.92 Å². The van der Waals surface area contributed by atoms with Crippen molar-refractivity contribution < 1.29 is 4.79 Å². The summed E-state index contributed by atoms with van der Waals surface area (Å²) in [5.74, 6) is 0.930. The lowest BCUT2D eigenvalue weighted by molar-refractivity contribution is 0.0728. The maximum Gasteiger partial charge on any atom is 0.257 e. The van der Waals surface area contributed by atoms with E-state index in [0.717, 1.165) is 0 Å². The molecule has 1 amide bonds. The molecule has 4 heteroatoms. The van der Waals surface area contributed by atoms with Gasteiger partial charge >= 0.3 is 0 Å². The molecule has 1 fully saturated rings. The van der Waals surface area contributed by atoms with Gasteiger partial charge in [0, 0.05) is 19.3 Å². The Balaban J connectivity index is 2.15. The van der Waals surface area contributed by atoms with Crippen molar-refractivity contribution in [3.8, 4) is 0 Å². The monoisotopic (exact) mass is 219 g/mol. The molecule has 0 aliphatic heterocycles. The van der Waals surface area contributed by atoms with Gasteiger partial charge in [0.15, 0.2) is 0 Å². The van der Waals surface area contributed by atoms with E-state index in [-0.39, 0.29) is 11.9 Å². The van der Waals surface area contributed by atoms with Crippen molar-refractivity contribution in [3.05, 3.63) is 23.9 Å². The zero-order valence-electron chi connectivity index (χ0n) is 9.68. The number of carbonyl (C=O) groups excluding carboxylic acids is 1. The summed E-state index contributed by atoms with van der Waals surface area (Å²) in [6, 6.07) is 3.74. The van der Waals surface area contributed by atoms with Crippen LogP contribution < -0.4 is 5.73 Å². The molecule has 1 aromatic heterocycles. The van der Waals surface area contributed by atoms with Crippen LogP contribution in [0.3, 0.4) is 0 Å². The number of amides is 1. The van der Waals surface area contributed by atoms with Crippen LogP contribution in [-0.4, -0.2) is 28.9 Å². The first-order valence-corrected chi connectivity index (χ1v) is 5.59. The smallest absolute Gasteiger partial charge is 0.257 e. The maximum atomic E-state index is 12.1. The highest BCUT2D eigenvalue weighted by Crippen LogP contribution is 2.35. The first-order valence-electron chi connectivity index (χ1n) is 5.59. The first-order chi connectivity index (χ1) is 7.61. The molecule has 86 valence electrons. The zero-order chi connectivity index (χ0) is 11.7. The number of rotatable bonds is 3. The molecule has 0 aromatic carbocycles. The average molecular weight is 219 g/mol. The Morgan fingerprint density at radius 1 is 1.62 bits per heavy atom. The standard InChI is InChI=1S/C12H17N3O/c1-8(9-5-6-9)15(2)12(16)10-4-3-7-14-11(10)13/h3-4,7-9H,5-6H2,1-2H3,(H2,13,14). The second kappa shape index (κ2) is 4.12. The summed E-state index contributed by atoms with van der Waals surface area (Å²) in [4.78, 5) is 17.8. The summed E-state index contributed by atoms with van der Waals surface area (Å²) in [5, 5.41) is 0. The van der Waals surface area contributed by atoms with Crippen LogP contribution in [-0.2, 0) is 0 Å². The lowest BCUT2D eigenvalue weighted by Gasteiger charge is -2.25. The van der Waals surface area contributed by atoms with Crippen molar-refractivity contribution in [1.29, 1.82) is 0 Å². The number of pyridine rings is 1. The normalized spacial score (nSPS) is 16.9. The molecule has 0 bridgehead atoms. The van der Waals surface area contributed by atoms with E-state index in [1.807, 2.05) is 7.05 Å². The quantitative estimate of drug-likeness (QED) is 0.838. The number of hydrogen-bond acceptors (Lipinski definition) is 3. The average Bonchev–Trinajstić information content (AvgIpc) is 3.11. The molecular weight excluding hydrogens is 202 g/mol. The van der Waals surface area contributed by atoms with E-state index in [1.54, 1.807) is 23.2 Å². The zero-order valence-corrected chi connectivity index (χ0v) is 9.68. The summed E-state index contributed by atoms with van der Waals surface area (Å²) in [6.07, 6.45) is 4.04. The van der Waals surface area contributed by atoms with E-state index in [2.05, 4.69) is 11.9 Å². The molecule has 1 heterocycles. The van der Waals surface area contributed by atoms with Crippen LogP contribution in [0.15, 0.2) is 18.3 Å². The Morgan fingerprint density at radius 3 is 2.88 bits per heavy atom.